The van der Waals surface area contributed by atoms with E-state index in [2.05, 4.69) is 0 Å². The molecule has 3 nitrogen and oxygen atoms in total. The highest BCUT2D eigenvalue weighted by molar-refractivity contribution is 5.75. The number of allylic oxidation sites excluding steroid dienone is 2. The van der Waals surface area contributed by atoms with Crippen molar-refractivity contribution in [1.29, 1.82) is 0 Å². The maximum Gasteiger partial charge on any atom is 0.313 e. The Bertz CT molecular complexity index is 347. The third-order valence-corrected chi connectivity index (χ3v) is 3.26. The summed E-state index contributed by atoms with van der Waals surface area (Å²) in [6.07, 6.45) is 5.87. The summed E-state index contributed by atoms with van der Waals surface area (Å²) < 4.78 is 0. The SMILES string of the molecule is CCC1=CC(O)(C(C)(C)C)C(C(=O)O)C=C1. The predicted molar refractivity (Wildman–Crippen MR) is 63.0 cm³/mol. The Morgan fingerprint density at radius 1 is 1.50 bits per heavy atom. The number of hydrogen-bond donors (Lipinski definition) is 2. The van der Waals surface area contributed by atoms with Crippen molar-refractivity contribution in [2.75, 3.05) is 0 Å². The number of carboxylic acids is 1. The fourth-order valence-corrected chi connectivity index (χ4v) is 1.96. The molecule has 2 unspecified atom stereocenters. The first-order valence-corrected chi connectivity index (χ1v) is 5.57. The Balaban J connectivity index is 3.23. The lowest BCUT2D eigenvalue weighted by atomic mass is 9.66. The molecule has 3 heteroatoms. The molecule has 0 spiro atoms. The van der Waals surface area contributed by atoms with Crippen LogP contribution in [0.4, 0.5) is 0 Å². The predicted octanol–water partition coefficient (Wildman–Crippen LogP) is 2.37. The van der Waals surface area contributed by atoms with Crippen molar-refractivity contribution in [3.05, 3.63) is 23.8 Å². The van der Waals surface area contributed by atoms with E-state index in [0.717, 1.165) is 12.0 Å². The third-order valence-electron chi connectivity index (χ3n) is 3.26. The molecule has 0 fully saturated rings. The van der Waals surface area contributed by atoms with Crippen LogP contribution < -0.4 is 0 Å². The molecule has 0 heterocycles. The topological polar surface area (TPSA) is 57.5 Å². The van der Waals surface area contributed by atoms with Crippen LogP contribution in [0, 0.1) is 11.3 Å². The molecule has 1 aliphatic rings. The first kappa shape index (κ1) is 13.0. The molecule has 0 saturated heterocycles. The van der Waals surface area contributed by atoms with Gasteiger partial charge in [-0.15, -0.1) is 0 Å². The van der Waals surface area contributed by atoms with Gasteiger partial charge in [0.25, 0.3) is 0 Å². The van der Waals surface area contributed by atoms with E-state index in [-0.39, 0.29) is 0 Å². The van der Waals surface area contributed by atoms with Crippen LogP contribution in [0.25, 0.3) is 0 Å². The Hall–Kier alpha value is -1.09. The molecule has 1 rings (SSSR count). The summed E-state index contributed by atoms with van der Waals surface area (Å²) >= 11 is 0. The van der Waals surface area contributed by atoms with Crippen LogP contribution in [0.5, 0.6) is 0 Å². The average molecular weight is 224 g/mol. The Kier molecular flexibility index (Phi) is 3.29. The fraction of sp³-hybridized carbons (Fsp3) is 0.615. The molecule has 90 valence electrons. The molecule has 1 aliphatic carbocycles. The minimum atomic E-state index is -1.32. The second-order valence-electron chi connectivity index (χ2n) is 5.32. The van der Waals surface area contributed by atoms with Gasteiger partial charge in [-0.05, 0) is 23.5 Å². The summed E-state index contributed by atoms with van der Waals surface area (Å²) in [5.41, 5.74) is -0.852. The van der Waals surface area contributed by atoms with Crippen LogP contribution in [-0.4, -0.2) is 21.8 Å². The monoisotopic (exact) mass is 224 g/mol. The highest BCUT2D eigenvalue weighted by Crippen LogP contribution is 2.42. The van der Waals surface area contributed by atoms with Gasteiger partial charge in [-0.2, -0.15) is 0 Å². The number of aliphatic hydroxyl groups is 1. The van der Waals surface area contributed by atoms with E-state index < -0.39 is 22.9 Å². The number of carboxylic acid groups (broad SMARTS) is 1. The number of hydrogen-bond acceptors (Lipinski definition) is 2. The van der Waals surface area contributed by atoms with Gasteiger partial charge in [-0.1, -0.05) is 39.8 Å². The van der Waals surface area contributed by atoms with Crippen LogP contribution in [-0.2, 0) is 4.79 Å². The number of carbonyl (C=O) groups is 1. The zero-order valence-corrected chi connectivity index (χ0v) is 10.3. The van der Waals surface area contributed by atoms with Crippen LogP contribution in [0.1, 0.15) is 34.1 Å². The van der Waals surface area contributed by atoms with E-state index in [9.17, 15) is 9.90 Å². The standard InChI is InChI=1S/C13H20O3/c1-5-9-6-7-10(11(14)15)13(16,8-9)12(2,3)4/h6-8,10,16H,5H2,1-4H3,(H,14,15). The van der Waals surface area contributed by atoms with Crippen LogP contribution in [0.2, 0.25) is 0 Å². The lowest BCUT2D eigenvalue weighted by Crippen LogP contribution is -2.51. The Morgan fingerprint density at radius 2 is 2.06 bits per heavy atom. The van der Waals surface area contributed by atoms with Gasteiger partial charge in [0.15, 0.2) is 0 Å². The molecule has 0 radical (unpaired) electrons. The molecule has 2 N–H and O–H groups in total. The minimum absolute atomic E-state index is 0.513. The van der Waals surface area contributed by atoms with E-state index >= 15 is 0 Å². The highest BCUT2D eigenvalue weighted by Gasteiger charge is 2.48. The number of aliphatic carboxylic acids is 1. The summed E-state index contributed by atoms with van der Waals surface area (Å²) in [7, 11) is 0. The van der Waals surface area contributed by atoms with Gasteiger partial charge in [0.1, 0.15) is 11.5 Å². The van der Waals surface area contributed by atoms with Crippen molar-refractivity contribution >= 4 is 5.97 Å². The van der Waals surface area contributed by atoms with Crippen LogP contribution >= 0.6 is 0 Å². The smallest absolute Gasteiger partial charge is 0.313 e. The summed E-state index contributed by atoms with van der Waals surface area (Å²) in [6, 6.07) is 0. The van der Waals surface area contributed by atoms with Crippen LogP contribution in [0.3, 0.4) is 0 Å². The largest absolute Gasteiger partial charge is 0.481 e. The van der Waals surface area contributed by atoms with Crippen LogP contribution in [0.15, 0.2) is 23.8 Å². The summed E-state index contributed by atoms with van der Waals surface area (Å²) in [5.74, 6) is -1.86. The minimum Gasteiger partial charge on any atom is -0.481 e. The second-order valence-corrected chi connectivity index (χ2v) is 5.32. The van der Waals surface area contributed by atoms with Gasteiger partial charge in [-0.25, -0.2) is 0 Å². The molecule has 0 aromatic carbocycles. The zero-order chi connectivity index (χ0) is 12.6. The number of rotatable bonds is 2. The zero-order valence-electron chi connectivity index (χ0n) is 10.3. The van der Waals surface area contributed by atoms with E-state index in [1.165, 1.54) is 0 Å². The molecule has 0 aliphatic heterocycles. The van der Waals surface area contributed by atoms with Crippen molar-refractivity contribution in [2.24, 2.45) is 11.3 Å². The first-order chi connectivity index (χ1) is 7.22. The third kappa shape index (κ3) is 2.05. The van der Waals surface area contributed by atoms with Crippen molar-refractivity contribution in [3.63, 3.8) is 0 Å². The highest BCUT2D eigenvalue weighted by atomic mass is 16.4. The van der Waals surface area contributed by atoms with Gasteiger partial charge in [0, 0.05) is 0 Å². The van der Waals surface area contributed by atoms with Gasteiger partial charge < -0.3 is 10.2 Å². The average Bonchev–Trinajstić information content (AvgIpc) is 2.15. The van der Waals surface area contributed by atoms with E-state index in [0.29, 0.717) is 0 Å². The molecule has 0 aromatic rings. The van der Waals surface area contributed by atoms with E-state index in [4.69, 9.17) is 5.11 Å². The molecule has 0 bridgehead atoms. The quantitative estimate of drug-likeness (QED) is 0.757. The first-order valence-electron chi connectivity index (χ1n) is 5.57. The lowest BCUT2D eigenvalue weighted by Gasteiger charge is -2.43. The molecule has 2 atom stereocenters. The van der Waals surface area contributed by atoms with Crippen molar-refractivity contribution in [2.45, 2.75) is 39.7 Å². The van der Waals surface area contributed by atoms with Gasteiger partial charge in [0.2, 0.25) is 0 Å². The normalized spacial score (nSPS) is 30.1. The van der Waals surface area contributed by atoms with E-state index in [1.807, 2.05) is 27.7 Å². The second kappa shape index (κ2) is 4.06. The molecule has 16 heavy (non-hydrogen) atoms. The molecule has 0 aromatic heterocycles. The molecular formula is C13H20O3. The van der Waals surface area contributed by atoms with Gasteiger partial charge in [-0.3, -0.25) is 4.79 Å². The Morgan fingerprint density at radius 3 is 2.44 bits per heavy atom. The van der Waals surface area contributed by atoms with Gasteiger partial charge in [0.05, 0.1) is 0 Å². The van der Waals surface area contributed by atoms with Gasteiger partial charge >= 0.3 is 5.97 Å². The Labute approximate surface area is 96.5 Å². The summed E-state index contributed by atoms with van der Waals surface area (Å²) in [4.78, 5) is 11.2. The maximum atomic E-state index is 11.2. The van der Waals surface area contributed by atoms with Crippen molar-refractivity contribution < 1.29 is 15.0 Å². The van der Waals surface area contributed by atoms with Crippen molar-refractivity contribution in [3.8, 4) is 0 Å². The summed E-state index contributed by atoms with van der Waals surface area (Å²) in [6.45, 7) is 7.55. The maximum absolute atomic E-state index is 11.2. The lowest BCUT2D eigenvalue weighted by molar-refractivity contribution is -0.152. The molecule has 0 saturated carbocycles. The summed E-state index contributed by atoms with van der Waals surface area (Å²) in [5, 5.41) is 19.8. The van der Waals surface area contributed by atoms with Crippen molar-refractivity contribution in [1.82, 2.24) is 0 Å². The molecule has 0 amide bonds. The molecular weight excluding hydrogens is 204 g/mol. The fourth-order valence-electron chi connectivity index (χ4n) is 1.96. The van der Waals surface area contributed by atoms with E-state index in [1.54, 1.807) is 18.2 Å².